The number of halogens is 2. The number of aromatic nitrogens is 3. The van der Waals surface area contributed by atoms with Gasteiger partial charge in [0.2, 0.25) is 5.91 Å². The zero-order valence-corrected chi connectivity index (χ0v) is 14.8. The van der Waals surface area contributed by atoms with E-state index in [1.807, 2.05) is 24.3 Å². The number of rotatable bonds is 3. The van der Waals surface area contributed by atoms with E-state index in [0.717, 1.165) is 16.7 Å². The summed E-state index contributed by atoms with van der Waals surface area (Å²) >= 11 is 5.82. The van der Waals surface area contributed by atoms with Crippen molar-refractivity contribution in [2.24, 2.45) is 0 Å². The molecule has 4 rings (SSSR count). The van der Waals surface area contributed by atoms with E-state index in [0.29, 0.717) is 23.7 Å². The highest BCUT2D eigenvalue weighted by atomic mass is 35.5. The Bertz CT molecular complexity index is 1090. The van der Waals surface area contributed by atoms with Gasteiger partial charge in [-0.15, -0.1) is 5.10 Å². The van der Waals surface area contributed by atoms with Gasteiger partial charge in [0.1, 0.15) is 24.8 Å². The molecule has 0 atom stereocenters. The Morgan fingerprint density at radius 2 is 2.04 bits per heavy atom. The number of hydrogen-bond acceptors (Lipinski definition) is 4. The summed E-state index contributed by atoms with van der Waals surface area (Å²) in [5.74, 6) is -0.477. The van der Waals surface area contributed by atoms with Crippen LogP contribution >= 0.6 is 11.6 Å². The summed E-state index contributed by atoms with van der Waals surface area (Å²) in [7, 11) is 0. The van der Waals surface area contributed by atoms with Crippen molar-refractivity contribution in [2.75, 3.05) is 0 Å². The second-order valence-corrected chi connectivity index (χ2v) is 6.67. The van der Waals surface area contributed by atoms with E-state index in [2.05, 4.69) is 10.1 Å². The van der Waals surface area contributed by atoms with E-state index in [1.165, 1.54) is 17.1 Å². The van der Waals surface area contributed by atoms with Gasteiger partial charge >= 0.3 is 0 Å². The second-order valence-electron chi connectivity index (χ2n) is 6.24. The molecule has 0 aliphatic carbocycles. The molecule has 8 heteroatoms. The summed E-state index contributed by atoms with van der Waals surface area (Å²) in [6.45, 7) is 0.940. The van der Waals surface area contributed by atoms with E-state index in [-0.39, 0.29) is 24.1 Å². The highest BCUT2D eigenvalue weighted by Gasteiger charge is 2.24. The number of amides is 1. The zero-order chi connectivity index (χ0) is 19.0. The molecule has 1 aliphatic rings. The lowest BCUT2D eigenvalue weighted by molar-refractivity contribution is -0.132. The van der Waals surface area contributed by atoms with Gasteiger partial charge in [0, 0.05) is 23.7 Å². The van der Waals surface area contributed by atoms with Gasteiger partial charge in [-0.05, 0) is 41.0 Å². The lowest BCUT2D eigenvalue weighted by Gasteiger charge is -2.14. The van der Waals surface area contributed by atoms with Crippen LogP contribution in [0.25, 0.3) is 11.1 Å². The van der Waals surface area contributed by atoms with E-state index in [4.69, 9.17) is 16.9 Å². The van der Waals surface area contributed by atoms with Gasteiger partial charge in [0.05, 0.1) is 0 Å². The first-order chi connectivity index (χ1) is 13.0. The first kappa shape index (κ1) is 17.2. The van der Waals surface area contributed by atoms with Crippen LogP contribution < -0.4 is 0 Å². The molecule has 134 valence electrons. The molecule has 0 unspecified atom stereocenters. The van der Waals surface area contributed by atoms with Crippen LogP contribution in [0.2, 0.25) is 5.02 Å². The minimum atomic E-state index is -0.382. The third kappa shape index (κ3) is 3.39. The maximum Gasteiger partial charge on any atom is 0.252 e. The summed E-state index contributed by atoms with van der Waals surface area (Å²) in [6.07, 6.45) is 1.36. The van der Waals surface area contributed by atoms with Gasteiger partial charge in [0.15, 0.2) is 0 Å². The van der Waals surface area contributed by atoms with Gasteiger partial charge in [-0.1, -0.05) is 23.7 Å². The molecule has 3 aromatic rings. The third-order valence-electron chi connectivity index (χ3n) is 4.46. The first-order valence-electron chi connectivity index (χ1n) is 8.18. The van der Waals surface area contributed by atoms with Gasteiger partial charge in [-0.2, -0.15) is 5.26 Å². The molecule has 2 aromatic carbocycles. The molecular weight excluding hydrogens is 369 g/mol. The smallest absolute Gasteiger partial charge is 0.252 e. The van der Waals surface area contributed by atoms with Crippen LogP contribution in [0.4, 0.5) is 4.39 Å². The second kappa shape index (κ2) is 6.82. The Morgan fingerprint density at radius 1 is 1.22 bits per heavy atom. The van der Waals surface area contributed by atoms with Gasteiger partial charge in [-0.3, -0.25) is 4.79 Å². The molecule has 0 spiro atoms. The molecular formula is C19H13ClFN5O. The highest BCUT2D eigenvalue weighted by molar-refractivity contribution is 6.30. The van der Waals surface area contributed by atoms with Crippen molar-refractivity contribution in [2.45, 2.75) is 19.6 Å². The predicted octanol–water partition coefficient (Wildman–Crippen LogP) is 3.15. The van der Waals surface area contributed by atoms with Crippen LogP contribution in [0.5, 0.6) is 0 Å². The molecule has 1 aromatic heterocycles. The van der Waals surface area contributed by atoms with Crippen molar-refractivity contribution in [3.8, 4) is 17.2 Å². The van der Waals surface area contributed by atoms with Crippen molar-refractivity contribution in [3.63, 3.8) is 0 Å². The zero-order valence-electron chi connectivity index (χ0n) is 14.1. The summed E-state index contributed by atoms with van der Waals surface area (Å²) in [5, 5.41) is 13.0. The van der Waals surface area contributed by atoms with Crippen molar-refractivity contribution >= 4 is 17.5 Å². The Hall–Kier alpha value is -3.24. The lowest BCUT2D eigenvalue weighted by Crippen LogP contribution is -2.29. The van der Waals surface area contributed by atoms with Gasteiger partial charge in [0.25, 0.3) is 5.82 Å². The fourth-order valence-corrected chi connectivity index (χ4v) is 3.28. The maximum absolute atomic E-state index is 14.2. The topological polar surface area (TPSA) is 74.8 Å². The maximum atomic E-state index is 14.2. The molecule has 1 amide bonds. The third-order valence-corrected chi connectivity index (χ3v) is 4.69. The minimum Gasteiger partial charge on any atom is -0.332 e. The largest absolute Gasteiger partial charge is 0.332 e. The molecule has 0 saturated heterocycles. The van der Waals surface area contributed by atoms with Crippen molar-refractivity contribution < 1.29 is 9.18 Å². The Balaban J connectivity index is 1.51. The number of nitriles is 1. The van der Waals surface area contributed by atoms with Crippen LogP contribution in [0.3, 0.4) is 0 Å². The van der Waals surface area contributed by atoms with Crippen LogP contribution in [0, 0.1) is 17.1 Å². The fraction of sp³-hybridized carbons (Fsp3) is 0.158. The van der Waals surface area contributed by atoms with E-state index < -0.39 is 0 Å². The number of nitrogens with zero attached hydrogens (tertiary/aromatic N) is 5. The van der Waals surface area contributed by atoms with Crippen LogP contribution in [0.15, 0.2) is 42.7 Å². The summed E-state index contributed by atoms with van der Waals surface area (Å²) < 4.78 is 15.5. The number of carbonyl (C=O) groups is 1. The fourth-order valence-electron chi connectivity index (χ4n) is 3.12. The molecule has 0 N–H and O–H groups in total. The number of fused-ring (bicyclic) bond motifs is 1. The molecule has 0 bridgehead atoms. The molecule has 1 aliphatic heterocycles. The van der Waals surface area contributed by atoms with Crippen LogP contribution in [0.1, 0.15) is 17.0 Å². The summed E-state index contributed by atoms with van der Waals surface area (Å²) in [4.78, 5) is 18.0. The summed E-state index contributed by atoms with van der Waals surface area (Å²) in [6, 6.07) is 12.1. The average molecular weight is 382 g/mol. The average Bonchev–Trinajstić information content (AvgIpc) is 3.27. The van der Waals surface area contributed by atoms with E-state index in [1.54, 1.807) is 17.0 Å². The van der Waals surface area contributed by atoms with Gasteiger partial charge < -0.3 is 4.90 Å². The first-order valence-corrected chi connectivity index (χ1v) is 8.56. The SMILES string of the molecule is N#Cc1ncn(CC(=O)N2Cc3ccc(-c4ccc(Cl)cc4F)cc3C2)n1. The molecule has 0 radical (unpaired) electrons. The molecule has 0 fully saturated rings. The Morgan fingerprint density at radius 3 is 2.78 bits per heavy atom. The van der Waals surface area contributed by atoms with E-state index >= 15 is 0 Å². The molecule has 2 heterocycles. The quantitative estimate of drug-likeness (QED) is 0.698. The summed E-state index contributed by atoms with van der Waals surface area (Å²) in [5.41, 5.74) is 3.22. The molecule has 6 nitrogen and oxygen atoms in total. The van der Waals surface area contributed by atoms with Crippen molar-refractivity contribution in [1.29, 1.82) is 5.26 Å². The Labute approximate surface area is 159 Å². The molecule has 0 saturated carbocycles. The Kier molecular flexibility index (Phi) is 4.34. The number of carbonyl (C=O) groups excluding carboxylic acids is 1. The van der Waals surface area contributed by atoms with Crippen LogP contribution in [-0.4, -0.2) is 25.6 Å². The number of hydrogen-bond donors (Lipinski definition) is 0. The minimum absolute atomic E-state index is 0.0152. The van der Waals surface area contributed by atoms with Gasteiger partial charge in [-0.25, -0.2) is 14.1 Å². The monoisotopic (exact) mass is 381 g/mol. The van der Waals surface area contributed by atoms with Crippen LogP contribution in [-0.2, 0) is 24.4 Å². The standard InChI is InChI=1S/C19H13ClFN5O/c20-15-3-4-16(17(21)6-15)12-1-2-13-8-25(9-14(13)5-12)19(27)10-26-11-23-18(7-22)24-26/h1-6,11H,8-10H2. The number of benzene rings is 2. The normalized spacial score (nSPS) is 12.7. The van der Waals surface area contributed by atoms with Crippen molar-refractivity contribution in [3.05, 3.63) is 70.5 Å². The predicted molar refractivity (Wildman–Crippen MR) is 95.8 cm³/mol. The van der Waals surface area contributed by atoms with E-state index in [9.17, 15) is 9.18 Å². The lowest BCUT2D eigenvalue weighted by atomic mass is 10.0. The highest BCUT2D eigenvalue weighted by Crippen LogP contribution is 2.31. The van der Waals surface area contributed by atoms with Crippen molar-refractivity contribution in [1.82, 2.24) is 19.7 Å². The molecule has 27 heavy (non-hydrogen) atoms.